The van der Waals surface area contributed by atoms with Gasteiger partial charge in [0, 0.05) is 6.07 Å². The quantitative estimate of drug-likeness (QED) is 0.593. The Labute approximate surface area is 89.6 Å². The van der Waals surface area contributed by atoms with Gasteiger partial charge in [-0.15, -0.1) is 0 Å². The van der Waals surface area contributed by atoms with Crippen molar-refractivity contribution in [3.05, 3.63) is 28.4 Å². The lowest BCUT2D eigenvalue weighted by Gasteiger charge is -2.03. The highest BCUT2D eigenvalue weighted by Crippen LogP contribution is 2.35. The van der Waals surface area contributed by atoms with Crippen molar-refractivity contribution >= 4 is 27.3 Å². The van der Waals surface area contributed by atoms with Gasteiger partial charge in [0.2, 0.25) is 0 Å². The predicted octanol–water partition coefficient (Wildman–Crippen LogP) is 2.60. The second-order valence-electron chi connectivity index (χ2n) is 2.84. The van der Waals surface area contributed by atoms with Crippen LogP contribution in [0.3, 0.4) is 0 Å². The second-order valence-corrected chi connectivity index (χ2v) is 3.64. The summed E-state index contributed by atoms with van der Waals surface area (Å²) in [6, 6.07) is 3.06. The van der Waals surface area contributed by atoms with Crippen LogP contribution in [0.5, 0.6) is 5.75 Å². The minimum Gasteiger partial charge on any atom is -0.493 e. The predicted molar refractivity (Wildman–Crippen MR) is 57.4 cm³/mol. The van der Waals surface area contributed by atoms with Crippen molar-refractivity contribution in [3.63, 3.8) is 0 Å². The van der Waals surface area contributed by atoms with E-state index in [1.54, 1.807) is 12.3 Å². The molecule has 0 radical (unpaired) electrons. The van der Waals surface area contributed by atoms with Crippen molar-refractivity contribution in [2.45, 2.75) is 6.92 Å². The highest BCUT2D eigenvalue weighted by molar-refractivity contribution is 7.14. The van der Waals surface area contributed by atoms with E-state index in [1.165, 1.54) is 6.07 Å². The van der Waals surface area contributed by atoms with Crippen molar-refractivity contribution in [2.24, 2.45) is 0 Å². The Bertz CT molecular complexity index is 509. The molecular weight excluding hydrogens is 216 g/mol. The number of hydrogen-bond donors (Lipinski definition) is 0. The van der Waals surface area contributed by atoms with Gasteiger partial charge in [-0.25, -0.2) is 0 Å². The van der Waals surface area contributed by atoms with Crippen LogP contribution in [0.25, 0.3) is 10.1 Å². The van der Waals surface area contributed by atoms with E-state index in [0.29, 0.717) is 22.4 Å². The normalized spacial score (nSPS) is 10.5. The van der Waals surface area contributed by atoms with E-state index >= 15 is 0 Å². The van der Waals surface area contributed by atoms with Gasteiger partial charge in [-0.05, 0) is 24.5 Å². The van der Waals surface area contributed by atoms with Gasteiger partial charge in [-0.1, -0.05) is 0 Å². The number of benzene rings is 1. The van der Waals surface area contributed by atoms with Gasteiger partial charge in [0.15, 0.2) is 0 Å². The molecule has 1 aromatic carbocycles. The van der Waals surface area contributed by atoms with Gasteiger partial charge < -0.3 is 4.74 Å². The molecule has 1 heterocycles. The number of nitro benzene ring substituents is 1. The van der Waals surface area contributed by atoms with Crippen molar-refractivity contribution in [1.29, 1.82) is 0 Å². The lowest BCUT2D eigenvalue weighted by atomic mass is 10.2. The number of hydrogen-bond acceptors (Lipinski definition) is 5. The number of nitro groups is 1. The molecule has 0 fully saturated rings. The number of fused-ring (bicyclic) bond motifs is 1. The molecule has 0 aliphatic rings. The van der Waals surface area contributed by atoms with Crippen LogP contribution >= 0.6 is 11.5 Å². The molecule has 1 aromatic heterocycles. The van der Waals surface area contributed by atoms with Gasteiger partial charge in [-0.2, -0.15) is 4.37 Å². The molecule has 0 unspecified atom stereocenters. The summed E-state index contributed by atoms with van der Waals surface area (Å²) in [6.45, 7) is 2.40. The third-order valence-corrected chi connectivity index (χ3v) is 2.78. The summed E-state index contributed by atoms with van der Waals surface area (Å²) in [7, 11) is 0. The van der Waals surface area contributed by atoms with Crippen LogP contribution in [0.4, 0.5) is 5.69 Å². The minimum atomic E-state index is -0.407. The molecule has 6 heteroatoms. The zero-order valence-corrected chi connectivity index (χ0v) is 8.78. The van der Waals surface area contributed by atoms with E-state index < -0.39 is 4.92 Å². The summed E-state index contributed by atoms with van der Waals surface area (Å²) >= 11 is 1.11. The molecule has 0 bridgehead atoms. The van der Waals surface area contributed by atoms with E-state index in [1.807, 2.05) is 6.92 Å². The topological polar surface area (TPSA) is 65.3 Å². The van der Waals surface area contributed by atoms with E-state index in [0.717, 1.165) is 11.5 Å². The van der Waals surface area contributed by atoms with E-state index in [2.05, 4.69) is 4.37 Å². The van der Waals surface area contributed by atoms with Crippen molar-refractivity contribution in [3.8, 4) is 5.75 Å². The Morgan fingerprint density at radius 3 is 3.07 bits per heavy atom. The van der Waals surface area contributed by atoms with Crippen LogP contribution in [0.2, 0.25) is 0 Å². The van der Waals surface area contributed by atoms with Crippen LogP contribution in [0.15, 0.2) is 18.3 Å². The number of non-ortho nitro benzene ring substituents is 1. The van der Waals surface area contributed by atoms with Crippen LogP contribution < -0.4 is 4.74 Å². The molecule has 0 N–H and O–H groups in total. The van der Waals surface area contributed by atoms with Crippen molar-refractivity contribution in [2.75, 3.05) is 6.61 Å². The Hall–Kier alpha value is -1.69. The largest absolute Gasteiger partial charge is 0.493 e. The maximum absolute atomic E-state index is 10.7. The van der Waals surface area contributed by atoms with Crippen LogP contribution in [0.1, 0.15) is 6.92 Å². The monoisotopic (exact) mass is 224 g/mol. The standard InChI is InChI=1S/C9H8N2O3S/c1-2-14-8-4-3-7(11(12)13)9-6(8)5-10-15-9/h3-5H,2H2,1H3. The SMILES string of the molecule is CCOc1ccc([N+](=O)[O-])c2sncc12. The fraction of sp³-hybridized carbons (Fsp3) is 0.222. The Kier molecular flexibility index (Phi) is 2.51. The van der Waals surface area contributed by atoms with Gasteiger partial charge in [0.25, 0.3) is 5.69 Å². The van der Waals surface area contributed by atoms with Gasteiger partial charge in [-0.3, -0.25) is 10.1 Å². The van der Waals surface area contributed by atoms with Crippen molar-refractivity contribution in [1.82, 2.24) is 4.37 Å². The molecule has 0 spiro atoms. The summed E-state index contributed by atoms with van der Waals surface area (Å²) in [4.78, 5) is 10.3. The van der Waals surface area contributed by atoms with Gasteiger partial charge >= 0.3 is 0 Å². The van der Waals surface area contributed by atoms with Crippen LogP contribution in [-0.2, 0) is 0 Å². The molecule has 0 amide bonds. The average Bonchev–Trinajstić information content (AvgIpc) is 2.66. The molecule has 0 saturated carbocycles. The summed E-state index contributed by atoms with van der Waals surface area (Å²) in [6.07, 6.45) is 1.60. The molecule has 0 saturated heterocycles. The summed E-state index contributed by atoms with van der Waals surface area (Å²) in [5, 5.41) is 11.4. The fourth-order valence-electron chi connectivity index (χ4n) is 1.35. The molecule has 2 aromatic rings. The van der Waals surface area contributed by atoms with Crippen LogP contribution in [0, 0.1) is 10.1 Å². The number of rotatable bonds is 3. The fourth-order valence-corrected chi connectivity index (χ4v) is 2.10. The highest BCUT2D eigenvalue weighted by atomic mass is 32.1. The smallest absolute Gasteiger partial charge is 0.288 e. The zero-order valence-electron chi connectivity index (χ0n) is 7.97. The third kappa shape index (κ3) is 1.63. The molecule has 2 rings (SSSR count). The van der Waals surface area contributed by atoms with E-state index in [4.69, 9.17) is 4.74 Å². The molecular formula is C9H8N2O3S. The molecule has 0 aliphatic carbocycles. The van der Waals surface area contributed by atoms with Gasteiger partial charge in [0.1, 0.15) is 10.4 Å². The van der Waals surface area contributed by atoms with Gasteiger partial charge in [0.05, 0.1) is 23.1 Å². The Morgan fingerprint density at radius 2 is 2.40 bits per heavy atom. The zero-order chi connectivity index (χ0) is 10.8. The maximum Gasteiger partial charge on any atom is 0.288 e. The first-order valence-electron chi connectivity index (χ1n) is 4.38. The summed E-state index contributed by atoms with van der Waals surface area (Å²) in [5.74, 6) is 0.645. The van der Waals surface area contributed by atoms with E-state index in [9.17, 15) is 10.1 Å². The molecule has 5 nitrogen and oxygen atoms in total. The number of ether oxygens (including phenoxy) is 1. The van der Waals surface area contributed by atoms with Crippen molar-refractivity contribution < 1.29 is 9.66 Å². The number of aromatic nitrogens is 1. The Morgan fingerprint density at radius 1 is 1.60 bits per heavy atom. The van der Waals surface area contributed by atoms with E-state index in [-0.39, 0.29) is 5.69 Å². The summed E-state index contributed by atoms with van der Waals surface area (Å²) in [5.41, 5.74) is 0.0796. The minimum absolute atomic E-state index is 0.0796. The first-order valence-corrected chi connectivity index (χ1v) is 5.16. The lowest BCUT2D eigenvalue weighted by Crippen LogP contribution is -1.93. The molecule has 15 heavy (non-hydrogen) atoms. The molecule has 78 valence electrons. The highest BCUT2D eigenvalue weighted by Gasteiger charge is 2.16. The average molecular weight is 224 g/mol. The Balaban J connectivity index is 2.65. The third-order valence-electron chi connectivity index (χ3n) is 1.96. The lowest BCUT2D eigenvalue weighted by molar-refractivity contribution is -0.382. The van der Waals surface area contributed by atoms with Crippen LogP contribution in [-0.4, -0.2) is 15.9 Å². The first kappa shape index (κ1) is 9.85. The molecule has 0 aliphatic heterocycles. The second kappa shape index (κ2) is 3.82. The molecule has 0 atom stereocenters. The maximum atomic E-state index is 10.7. The first-order chi connectivity index (χ1) is 7.24. The number of nitrogens with zero attached hydrogens (tertiary/aromatic N) is 2. The summed E-state index contributed by atoms with van der Waals surface area (Å²) < 4.78 is 9.86.